The van der Waals surface area contributed by atoms with E-state index < -0.39 is 8.07 Å². The van der Waals surface area contributed by atoms with Crippen molar-refractivity contribution in [2.45, 2.75) is 18.8 Å². The van der Waals surface area contributed by atoms with Crippen LogP contribution in [0.15, 0.2) is 30.3 Å². The minimum absolute atomic E-state index is 1.14. The second-order valence-corrected chi connectivity index (χ2v) is 9.19. The van der Waals surface area contributed by atoms with Crippen LogP contribution < -0.4 is 5.19 Å². The molecule has 0 saturated carbocycles. The molecule has 0 amide bonds. The van der Waals surface area contributed by atoms with Crippen LogP contribution in [0.4, 0.5) is 0 Å². The lowest BCUT2D eigenvalue weighted by molar-refractivity contribution is 1.65. The van der Waals surface area contributed by atoms with Crippen molar-refractivity contribution in [3.05, 3.63) is 30.3 Å². The first-order valence-electron chi connectivity index (χ1n) is 3.87. The summed E-state index contributed by atoms with van der Waals surface area (Å²) in [4.78, 5) is 0. The minimum atomic E-state index is -1.14. The zero-order chi connectivity index (χ0) is 8.32. The maximum absolute atomic E-state index is 3.62. The minimum Gasteiger partial charge on any atom is -0.0657 e. The van der Waals surface area contributed by atoms with Crippen molar-refractivity contribution in [1.82, 2.24) is 0 Å². The Kier molecular flexibility index (Phi) is 2.68. The number of hydrogen-bond donors (Lipinski definition) is 0. The van der Waals surface area contributed by atoms with Crippen molar-refractivity contribution in [1.29, 1.82) is 0 Å². The first-order chi connectivity index (χ1) is 5.17. The van der Waals surface area contributed by atoms with Gasteiger partial charge in [-0.15, -0.1) is 0 Å². The van der Waals surface area contributed by atoms with Crippen LogP contribution in [-0.4, -0.2) is 18.3 Å². The molecule has 0 aliphatic rings. The van der Waals surface area contributed by atoms with Gasteiger partial charge in [-0.25, -0.2) is 0 Å². The van der Waals surface area contributed by atoms with Crippen LogP contribution >= 0.6 is 0 Å². The van der Waals surface area contributed by atoms with E-state index in [1.54, 1.807) is 0 Å². The predicted molar refractivity (Wildman–Crippen MR) is 54.1 cm³/mol. The molecule has 0 unspecified atom stereocenters. The quantitative estimate of drug-likeness (QED) is 0.604. The maximum Gasteiger partial charge on any atom is 0.0774 e. The summed E-state index contributed by atoms with van der Waals surface area (Å²) in [7, 11) is 2.48. The van der Waals surface area contributed by atoms with E-state index in [2.05, 4.69) is 53.7 Å². The van der Waals surface area contributed by atoms with Gasteiger partial charge in [0, 0.05) is 10.2 Å². The molecule has 0 saturated heterocycles. The summed E-state index contributed by atoms with van der Waals surface area (Å²) < 4.78 is 0. The zero-order valence-electron chi connectivity index (χ0n) is 7.09. The summed E-state index contributed by atoms with van der Waals surface area (Å²) in [6.45, 7) is 4.74. The van der Waals surface area contributed by atoms with Gasteiger partial charge in [0.25, 0.3) is 0 Å². The van der Waals surface area contributed by atoms with Gasteiger partial charge in [0.05, 0.1) is 8.07 Å². The van der Waals surface area contributed by atoms with Gasteiger partial charge in [0.1, 0.15) is 0 Å². The van der Waals surface area contributed by atoms with Crippen LogP contribution in [-0.2, 0) is 0 Å². The van der Waals surface area contributed by atoms with Crippen molar-refractivity contribution in [2.75, 3.05) is 0 Å². The highest BCUT2D eigenvalue weighted by Crippen LogP contribution is 2.05. The number of benzene rings is 1. The van der Waals surface area contributed by atoms with E-state index in [-0.39, 0.29) is 0 Å². The molecule has 2 heteroatoms. The first kappa shape index (κ1) is 8.75. The Morgan fingerprint density at radius 2 is 1.73 bits per heavy atom. The molecule has 0 nitrogen and oxygen atoms in total. The predicted octanol–water partition coefficient (Wildman–Crippen LogP) is 1.73. The Morgan fingerprint density at radius 3 is 2.18 bits per heavy atom. The lowest BCUT2D eigenvalue weighted by atomic mass is 10.4. The smallest absolute Gasteiger partial charge is 0.0657 e. The Hall–Kier alpha value is -0.346. The van der Waals surface area contributed by atoms with Crippen LogP contribution in [0.3, 0.4) is 0 Å². The Balaban J connectivity index is 2.93. The lowest BCUT2D eigenvalue weighted by Gasteiger charge is -2.20. The topological polar surface area (TPSA) is 0 Å². The van der Waals surface area contributed by atoms with E-state index >= 15 is 0 Å². The van der Waals surface area contributed by atoms with E-state index in [0.29, 0.717) is 0 Å². The summed E-state index contributed by atoms with van der Waals surface area (Å²) in [6, 6.07) is 10.8. The molecule has 0 heterocycles. The van der Waals surface area contributed by atoms with Gasteiger partial charge >= 0.3 is 0 Å². The third-order valence-corrected chi connectivity index (χ3v) is 7.43. The molecule has 1 rings (SSSR count). The molecule has 1 aromatic rings. The monoisotopic (exact) mass is 177 g/mol. The van der Waals surface area contributed by atoms with Crippen molar-refractivity contribution in [3.63, 3.8) is 0 Å². The Bertz CT molecular complexity index is 216. The average molecular weight is 177 g/mol. The Morgan fingerprint density at radius 1 is 1.18 bits per heavy atom. The van der Waals surface area contributed by atoms with E-state index in [0.717, 1.165) is 5.67 Å². The summed E-state index contributed by atoms with van der Waals surface area (Å²) in [5, 5.41) is 1.52. The first-order valence-corrected chi connectivity index (χ1v) is 7.78. The largest absolute Gasteiger partial charge is 0.0774 e. The van der Waals surface area contributed by atoms with Gasteiger partial charge < -0.3 is 0 Å². The molecule has 3 radical (unpaired) electrons. The molecule has 0 N–H and O–H groups in total. The van der Waals surface area contributed by atoms with E-state index in [1.165, 1.54) is 5.19 Å². The lowest BCUT2D eigenvalue weighted by Crippen LogP contribution is -2.40. The molecule has 0 fully saturated rings. The molecule has 57 valence electrons. The second-order valence-electron chi connectivity index (χ2n) is 3.43. The van der Waals surface area contributed by atoms with Crippen LogP contribution in [0.25, 0.3) is 0 Å². The molecular weight excluding hydrogens is 164 g/mol. The number of rotatable bonds is 2. The molecule has 11 heavy (non-hydrogen) atoms. The normalized spacial score (nSPS) is 11.5. The highest BCUT2D eigenvalue weighted by molar-refractivity contribution is 6.93. The summed E-state index contributed by atoms with van der Waals surface area (Å²) in [5.74, 6) is 0. The third kappa shape index (κ3) is 2.04. The van der Waals surface area contributed by atoms with Crippen molar-refractivity contribution < 1.29 is 0 Å². The molecule has 1 aromatic carbocycles. The van der Waals surface area contributed by atoms with Gasteiger partial charge in [-0.2, -0.15) is 0 Å². The van der Waals surface area contributed by atoms with E-state index in [4.69, 9.17) is 0 Å². The maximum atomic E-state index is 3.62. The summed E-state index contributed by atoms with van der Waals surface area (Å²) in [5.41, 5.74) is 1.14. The van der Waals surface area contributed by atoms with Crippen LogP contribution in [0.1, 0.15) is 0 Å². The van der Waals surface area contributed by atoms with Crippen molar-refractivity contribution >= 4 is 23.5 Å². The van der Waals surface area contributed by atoms with Crippen LogP contribution in [0.2, 0.25) is 18.8 Å². The molecule has 0 atom stereocenters. The van der Waals surface area contributed by atoms with E-state index in [9.17, 15) is 0 Å². The fourth-order valence-corrected chi connectivity index (χ4v) is 2.90. The standard InChI is InChI=1S/C9H13Si2/c1-11(2,8-10)9-6-4-3-5-7-9/h3-7H,8H2,1-2H3. The third-order valence-electron chi connectivity index (χ3n) is 2.00. The van der Waals surface area contributed by atoms with Gasteiger partial charge in [0.2, 0.25) is 0 Å². The van der Waals surface area contributed by atoms with Crippen LogP contribution in [0.5, 0.6) is 0 Å². The van der Waals surface area contributed by atoms with Gasteiger partial charge in [0.15, 0.2) is 0 Å². The van der Waals surface area contributed by atoms with E-state index in [1.807, 2.05) is 0 Å². The molecule has 0 aliphatic carbocycles. The Labute approximate surface area is 73.1 Å². The summed E-state index contributed by atoms with van der Waals surface area (Å²) >= 11 is 0. The number of hydrogen-bond acceptors (Lipinski definition) is 0. The highest BCUT2D eigenvalue weighted by atomic mass is 28.4. The SMILES string of the molecule is C[Si](C)(C[Si])c1ccccc1. The van der Waals surface area contributed by atoms with Gasteiger partial charge in [-0.1, -0.05) is 54.3 Å². The fraction of sp³-hybridized carbons (Fsp3) is 0.333. The molecule has 0 bridgehead atoms. The highest BCUT2D eigenvalue weighted by Gasteiger charge is 2.19. The van der Waals surface area contributed by atoms with Crippen molar-refractivity contribution in [3.8, 4) is 0 Å². The van der Waals surface area contributed by atoms with Gasteiger partial charge in [-0.05, 0) is 0 Å². The zero-order valence-corrected chi connectivity index (χ0v) is 9.09. The summed E-state index contributed by atoms with van der Waals surface area (Å²) in [6.07, 6.45) is 0. The van der Waals surface area contributed by atoms with Crippen molar-refractivity contribution in [2.24, 2.45) is 0 Å². The molecule has 0 spiro atoms. The molecular formula is C9H13Si2. The fourth-order valence-electron chi connectivity index (χ4n) is 0.991. The molecule has 0 aromatic heterocycles. The second kappa shape index (κ2) is 3.37. The van der Waals surface area contributed by atoms with Crippen LogP contribution in [0, 0.1) is 0 Å². The van der Waals surface area contributed by atoms with Gasteiger partial charge in [-0.3, -0.25) is 0 Å². The molecule has 0 aliphatic heterocycles. The average Bonchev–Trinajstić information content (AvgIpc) is 2.06.